The summed E-state index contributed by atoms with van der Waals surface area (Å²) >= 11 is 3.24. The van der Waals surface area contributed by atoms with Crippen molar-refractivity contribution < 1.29 is 5.11 Å². The standard InChI is InChI=1S/C11H12BrNO/c1-13-7-3-2-4-9-5-6-11(14)10(12)8-9/h5-6,8,13-14H,3,7H2,1H3. The van der Waals surface area contributed by atoms with Gasteiger partial charge in [0.2, 0.25) is 0 Å². The van der Waals surface area contributed by atoms with Gasteiger partial charge in [0.05, 0.1) is 4.47 Å². The normalized spacial score (nSPS) is 9.29. The number of aromatic hydroxyl groups is 1. The SMILES string of the molecule is CNCCC#Cc1ccc(O)c(Br)c1. The van der Waals surface area contributed by atoms with E-state index in [4.69, 9.17) is 0 Å². The highest BCUT2D eigenvalue weighted by Gasteiger charge is 1.96. The van der Waals surface area contributed by atoms with Crippen molar-refractivity contribution in [3.05, 3.63) is 28.2 Å². The van der Waals surface area contributed by atoms with Crippen LogP contribution in [0.2, 0.25) is 0 Å². The van der Waals surface area contributed by atoms with Crippen LogP contribution in [0.25, 0.3) is 0 Å². The van der Waals surface area contributed by atoms with Crippen LogP contribution in [0.1, 0.15) is 12.0 Å². The first-order valence-corrected chi connectivity index (χ1v) is 5.15. The number of benzene rings is 1. The Hall–Kier alpha value is -0.980. The third-order valence-corrected chi connectivity index (χ3v) is 2.32. The first-order chi connectivity index (χ1) is 6.74. The molecule has 3 heteroatoms. The largest absolute Gasteiger partial charge is 0.507 e. The van der Waals surface area contributed by atoms with Crippen molar-refractivity contribution in [3.8, 4) is 17.6 Å². The molecule has 74 valence electrons. The van der Waals surface area contributed by atoms with E-state index in [1.54, 1.807) is 12.1 Å². The molecule has 0 aliphatic carbocycles. The molecule has 0 heterocycles. The maximum atomic E-state index is 9.25. The summed E-state index contributed by atoms with van der Waals surface area (Å²) in [5.41, 5.74) is 0.908. The van der Waals surface area contributed by atoms with Crippen LogP contribution in [-0.4, -0.2) is 18.7 Å². The van der Waals surface area contributed by atoms with Crippen LogP contribution < -0.4 is 5.32 Å². The fourth-order valence-corrected chi connectivity index (χ4v) is 1.32. The third-order valence-electron chi connectivity index (χ3n) is 1.68. The van der Waals surface area contributed by atoms with E-state index in [2.05, 4.69) is 33.1 Å². The Balaban J connectivity index is 2.66. The second-order valence-corrected chi connectivity index (χ2v) is 3.68. The van der Waals surface area contributed by atoms with Crippen molar-refractivity contribution in [2.24, 2.45) is 0 Å². The summed E-state index contributed by atoms with van der Waals surface area (Å²) in [5.74, 6) is 6.29. The third kappa shape index (κ3) is 3.41. The van der Waals surface area contributed by atoms with Crippen molar-refractivity contribution in [3.63, 3.8) is 0 Å². The van der Waals surface area contributed by atoms with E-state index in [1.165, 1.54) is 0 Å². The highest BCUT2D eigenvalue weighted by molar-refractivity contribution is 9.10. The number of hydrogen-bond donors (Lipinski definition) is 2. The maximum Gasteiger partial charge on any atom is 0.129 e. The van der Waals surface area contributed by atoms with Crippen molar-refractivity contribution in [2.45, 2.75) is 6.42 Å². The van der Waals surface area contributed by atoms with Crippen molar-refractivity contribution in [1.29, 1.82) is 0 Å². The van der Waals surface area contributed by atoms with Crippen LogP contribution in [0.3, 0.4) is 0 Å². The molecular formula is C11H12BrNO. The monoisotopic (exact) mass is 253 g/mol. The van der Waals surface area contributed by atoms with Crippen molar-refractivity contribution >= 4 is 15.9 Å². The molecule has 0 aliphatic heterocycles. The van der Waals surface area contributed by atoms with Crippen molar-refractivity contribution in [1.82, 2.24) is 5.32 Å². The molecule has 0 aromatic heterocycles. The lowest BCUT2D eigenvalue weighted by Gasteiger charge is -1.96. The molecule has 1 rings (SSSR count). The quantitative estimate of drug-likeness (QED) is 0.625. The minimum absolute atomic E-state index is 0.241. The molecule has 0 fully saturated rings. The van der Waals surface area contributed by atoms with E-state index in [0.717, 1.165) is 18.5 Å². The predicted molar refractivity (Wildman–Crippen MR) is 61.2 cm³/mol. The van der Waals surface area contributed by atoms with Gasteiger partial charge in [-0.25, -0.2) is 0 Å². The summed E-state index contributed by atoms with van der Waals surface area (Å²) < 4.78 is 0.679. The van der Waals surface area contributed by atoms with Gasteiger partial charge >= 0.3 is 0 Å². The lowest BCUT2D eigenvalue weighted by molar-refractivity contribution is 0.472. The summed E-state index contributed by atoms with van der Waals surface area (Å²) in [6, 6.07) is 5.24. The molecule has 0 bridgehead atoms. The molecule has 0 amide bonds. The number of phenolic OH excluding ortho intramolecular Hbond substituents is 1. The molecule has 2 nitrogen and oxygen atoms in total. The van der Waals surface area contributed by atoms with Crippen LogP contribution in [0.5, 0.6) is 5.75 Å². The summed E-state index contributed by atoms with van der Waals surface area (Å²) in [6.45, 7) is 0.895. The van der Waals surface area contributed by atoms with Gasteiger partial charge in [0.15, 0.2) is 0 Å². The molecule has 1 aromatic rings. The fourth-order valence-electron chi connectivity index (χ4n) is 0.937. The number of rotatable bonds is 2. The Bertz CT molecular complexity index is 365. The zero-order chi connectivity index (χ0) is 10.4. The van der Waals surface area contributed by atoms with Gasteiger partial charge in [-0.2, -0.15) is 0 Å². The average Bonchev–Trinajstić information content (AvgIpc) is 2.18. The van der Waals surface area contributed by atoms with E-state index >= 15 is 0 Å². The van der Waals surface area contributed by atoms with Gasteiger partial charge in [0.25, 0.3) is 0 Å². The van der Waals surface area contributed by atoms with E-state index in [0.29, 0.717) is 4.47 Å². The highest BCUT2D eigenvalue weighted by atomic mass is 79.9. The molecule has 0 radical (unpaired) electrons. The summed E-state index contributed by atoms with van der Waals surface area (Å²) in [4.78, 5) is 0. The molecule has 0 saturated carbocycles. The Morgan fingerprint density at radius 3 is 2.93 bits per heavy atom. The highest BCUT2D eigenvalue weighted by Crippen LogP contribution is 2.23. The minimum atomic E-state index is 0.241. The topological polar surface area (TPSA) is 32.3 Å². The van der Waals surface area contributed by atoms with Gasteiger partial charge in [0.1, 0.15) is 5.75 Å². The second kappa shape index (κ2) is 5.69. The smallest absolute Gasteiger partial charge is 0.129 e. The number of nitrogens with one attached hydrogen (secondary N) is 1. The van der Waals surface area contributed by atoms with Crippen LogP contribution in [-0.2, 0) is 0 Å². The maximum absolute atomic E-state index is 9.25. The Labute approximate surface area is 92.5 Å². The Morgan fingerprint density at radius 2 is 2.29 bits per heavy atom. The average molecular weight is 254 g/mol. The zero-order valence-electron chi connectivity index (χ0n) is 7.97. The lowest BCUT2D eigenvalue weighted by Crippen LogP contribution is -2.05. The van der Waals surface area contributed by atoms with Gasteiger partial charge in [-0.3, -0.25) is 0 Å². The number of halogens is 1. The second-order valence-electron chi connectivity index (χ2n) is 2.82. The molecule has 0 unspecified atom stereocenters. The van der Waals surface area contributed by atoms with Gasteiger partial charge in [-0.15, -0.1) is 0 Å². The summed E-state index contributed by atoms with van der Waals surface area (Å²) in [5, 5.41) is 12.3. The number of phenols is 1. The molecule has 0 saturated heterocycles. The Morgan fingerprint density at radius 1 is 1.50 bits per heavy atom. The van der Waals surface area contributed by atoms with Crippen LogP contribution >= 0.6 is 15.9 Å². The molecule has 0 aliphatic rings. The minimum Gasteiger partial charge on any atom is -0.507 e. The van der Waals surface area contributed by atoms with Crippen LogP contribution in [0, 0.1) is 11.8 Å². The lowest BCUT2D eigenvalue weighted by atomic mass is 10.2. The summed E-state index contributed by atoms with van der Waals surface area (Å²) in [7, 11) is 1.90. The molecule has 0 spiro atoms. The van der Waals surface area contributed by atoms with Gasteiger partial charge < -0.3 is 10.4 Å². The van der Waals surface area contributed by atoms with E-state index in [1.807, 2.05) is 13.1 Å². The summed E-state index contributed by atoms with van der Waals surface area (Å²) in [6.07, 6.45) is 0.828. The van der Waals surface area contributed by atoms with Gasteiger partial charge in [-0.05, 0) is 41.2 Å². The van der Waals surface area contributed by atoms with E-state index in [9.17, 15) is 5.11 Å². The van der Waals surface area contributed by atoms with Crippen LogP contribution in [0.15, 0.2) is 22.7 Å². The predicted octanol–water partition coefficient (Wildman–Crippen LogP) is 2.12. The van der Waals surface area contributed by atoms with Crippen molar-refractivity contribution in [2.75, 3.05) is 13.6 Å². The molecule has 2 N–H and O–H groups in total. The first kappa shape index (κ1) is 11.1. The zero-order valence-corrected chi connectivity index (χ0v) is 9.56. The number of hydrogen-bond acceptors (Lipinski definition) is 2. The van der Waals surface area contributed by atoms with Crippen LogP contribution in [0.4, 0.5) is 0 Å². The Kier molecular flexibility index (Phi) is 4.51. The molecule has 0 atom stereocenters. The van der Waals surface area contributed by atoms with E-state index in [-0.39, 0.29) is 5.75 Å². The first-order valence-electron chi connectivity index (χ1n) is 4.36. The van der Waals surface area contributed by atoms with Gasteiger partial charge in [0, 0.05) is 18.5 Å². The molecule has 14 heavy (non-hydrogen) atoms. The molecule has 1 aromatic carbocycles. The molecular weight excluding hydrogens is 242 g/mol. The fraction of sp³-hybridized carbons (Fsp3) is 0.273. The van der Waals surface area contributed by atoms with E-state index < -0.39 is 0 Å². The van der Waals surface area contributed by atoms with Gasteiger partial charge in [-0.1, -0.05) is 11.8 Å².